The average Bonchev–Trinajstić information content (AvgIpc) is 3.56. The van der Waals surface area contributed by atoms with Crippen LogP contribution < -0.4 is 0 Å². The number of hydrogen-bond donors (Lipinski definition) is 0. The van der Waals surface area contributed by atoms with Crippen LogP contribution in [0.5, 0.6) is 0 Å². The number of aromatic nitrogens is 2. The van der Waals surface area contributed by atoms with Gasteiger partial charge in [-0.1, -0.05) is 97.1 Å². The van der Waals surface area contributed by atoms with Crippen molar-refractivity contribution in [2.24, 2.45) is 0 Å². The molecule has 0 unspecified atom stereocenters. The van der Waals surface area contributed by atoms with Crippen LogP contribution in [-0.2, 0) is 0 Å². The lowest BCUT2D eigenvalue weighted by atomic mass is 9.95. The highest BCUT2D eigenvalue weighted by atomic mass is 32.1. The van der Waals surface area contributed by atoms with E-state index in [2.05, 4.69) is 138 Å². The lowest BCUT2D eigenvalue weighted by Gasteiger charge is -2.13. The Hall–Kier alpha value is -4.99. The van der Waals surface area contributed by atoms with Gasteiger partial charge in [0.25, 0.3) is 0 Å². The predicted octanol–water partition coefficient (Wildman–Crippen LogP) is 10.5. The Morgan fingerprint density at radius 1 is 0.525 bits per heavy atom. The van der Waals surface area contributed by atoms with Crippen molar-refractivity contribution in [3.05, 3.63) is 133 Å². The largest absolute Gasteiger partial charge is 0.309 e. The molecule has 0 aliphatic carbocycles. The third-order valence-corrected chi connectivity index (χ3v) is 9.36. The van der Waals surface area contributed by atoms with E-state index in [-0.39, 0.29) is 0 Å². The number of para-hydroxylation sites is 2. The Bertz CT molecular complexity index is 2370. The fraction of sp³-hybridized carbons (Fsp3) is 0. The van der Waals surface area contributed by atoms with E-state index < -0.39 is 0 Å². The second-order valence-electron chi connectivity index (χ2n) is 10.4. The molecule has 0 spiro atoms. The molecule has 0 aliphatic heterocycles. The molecule has 186 valence electrons. The van der Waals surface area contributed by atoms with Crippen molar-refractivity contribution in [1.82, 2.24) is 9.55 Å². The SMILES string of the molecule is c1ccc2c(c1)ccc1nc3c(sc4ccccc43)c(-c3ccc(-n4c5ccccc5c5ccccc54)cc3)c12. The quantitative estimate of drug-likeness (QED) is 0.205. The minimum atomic E-state index is 1.04. The first-order valence-electron chi connectivity index (χ1n) is 13.6. The van der Waals surface area contributed by atoms with Crippen LogP contribution in [0.3, 0.4) is 0 Å². The summed E-state index contributed by atoms with van der Waals surface area (Å²) in [6.07, 6.45) is 0. The molecule has 0 N–H and O–H groups in total. The Morgan fingerprint density at radius 2 is 1.15 bits per heavy atom. The van der Waals surface area contributed by atoms with Gasteiger partial charge in [-0.05, 0) is 52.7 Å². The molecule has 2 nitrogen and oxygen atoms in total. The third kappa shape index (κ3) is 3.01. The molecule has 40 heavy (non-hydrogen) atoms. The molecule has 0 atom stereocenters. The summed E-state index contributed by atoms with van der Waals surface area (Å²) in [5.74, 6) is 0. The first-order chi connectivity index (χ1) is 19.8. The van der Waals surface area contributed by atoms with Gasteiger partial charge in [0, 0.05) is 37.5 Å². The molecule has 0 bridgehead atoms. The smallest absolute Gasteiger partial charge is 0.0902 e. The maximum Gasteiger partial charge on any atom is 0.0902 e. The summed E-state index contributed by atoms with van der Waals surface area (Å²) in [4.78, 5) is 5.23. The highest BCUT2D eigenvalue weighted by Gasteiger charge is 2.18. The van der Waals surface area contributed by atoms with Crippen LogP contribution in [0.2, 0.25) is 0 Å². The van der Waals surface area contributed by atoms with Crippen molar-refractivity contribution in [2.75, 3.05) is 0 Å². The van der Waals surface area contributed by atoms with Crippen LogP contribution in [0.1, 0.15) is 0 Å². The van der Waals surface area contributed by atoms with E-state index in [4.69, 9.17) is 4.98 Å². The Kier molecular flexibility index (Phi) is 4.52. The van der Waals surface area contributed by atoms with Gasteiger partial charge in [0.2, 0.25) is 0 Å². The van der Waals surface area contributed by atoms with Crippen LogP contribution in [0, 0.1) is 0 Å². The van der Waals surface area contributed by atoms with E-state index in [0.717, 1.165) is 16.7 Å². The second kappa shape index (κ2) is 8.25. The third-order valence-electron chi connectivity index (χ3n) is 8.18. The van der Waals surface area contributed by atoms with Crippen molar-refractivity contribution in [2.45, 2.75) is 0 Å². The van der Waals surface area contributed by atoms with Gasteiger partial charge < -0.3 is 4.57 Å². The molecule has 0 saturated carbocycles. The van der Waals surface area contributed by atoms with E-state index in [1.54, 1.807) is 0 Å². The molecular formula is C37H22N2S. The van der Waals surface area contributed by atoms with E-state index in [1.165, 1.54) is 63.9 Å². The monoisotopic (exact) mass is 526 g/mol. The predicted molar refractivity (Wildman–Crippen MR) is 172 cm³/mol. The topological polar surface area (TPSA) is 17.8 Å². The van der Waals surface area contributed by atoms with Crippen molar-refractivity contribution in [3.8, 4) is 16.8 Å². The zero-order valence-electron chi connectivity index (χ0n) is 21.5. The van der Waals surface area contributed by atoms with Crippen LogP contribution in [0.25, 0.3) is 80.6 Å². The zero-order valence-corrected chi connectivity index (χ0v) is 22.3. The number of pyridine rings is 1. The van der Waals surface area contributed by atoms with Gasteiger partial charge in [0.1, 0.15) is 0 Å². The molecule has 0 radical (unpaired) electrons. The highest BCUT2D eigenvalue weighted by Crippen LogP contribution is 2.45. The number of nitrogens with zero attached hydrogens (tertiary/aromatic N) is 2. The Labute approximate surface area is 234 Å². The zero-order chi connectivity index (χ0) is 26.2. The summed E-state index contributed by atoms with van der Waals surface area (Å²) in [5.41, 5.74) is 8.22. The van der Waals surface area contributed by atoms with Gasteiger partial charge in [-0.3, -0.25) is 0 Å². The number of fused-ring (bicyclic) bond motifs is 9. The Morgan fingerprint density at radius 3 is 1.90 bits per heavy atom. The number of benzene rings is 6. The molecule has 3 heterocycles. The molecule has 0 fully saturated rings. The van der Waals surface area contributed by atoms with Gasteiger partial charge in [-0.25, -0.2) is 4.98 Å². The molecule has 9 aromatic rings. The van der Waals surface area contributed by atoms with Crippen molar-refractivity contribution >= 4 is 75.1 Å². The van der Waals surface area contributed by atoms with Gasteiger partial charge >= 0.3 is 0 Å². The maximum absolute atomic E-state index is 5.23. The lowest BCUT2D eigenvalue weighted by molar-refractivity contribution is 1.18. The van der Waals surface area contributed by atoms with Crippen molar-refractivity contribution < 1.29 is 0 Å². The molecular weight excluding hydrogens is 504 g/mol. The Balaban J connectivity index is 1.36. The second-order valence-corrected chi connectivity index (χ2v) is 11.4. The molecule has 3 aromatic heterocycles. The van der Waals surface area contributed by atoms with Gasteiger partial charge in [0.15, 0.2) is 0 Å². The summed E-state index contributed by atoms with van der Waals surface area (Å²) in [6, 6.07) is 48.2. The van der Waals surface area contributed by atoms with Gasteiger partial charge in [0.05, 0.1) is 26.8 Å². The van der Waals surface area contributed by atoms with Crippen LogP contribution in [0.15, 0.2) is 133 Å². The van der Waals surface area contributed by atoms with Crippen LogP contribution >= 0.6 is 11.3 Å². The first-order valence-corrected chi connectivity index (χ1v) is 14.4. The summed E-state index contributed by atoms with van der Waals surface area (Å²) in [7, 11) is 0. The van der Waals surface area contributed by atoms with E-state index in [1.807, 2.05) is 11.3 Å². The van der Waals surface area contributed by atoms with Crippen LogP contribution in [-0.4, -0.2) is 9.55 Å². The molecule has 0 saturated heterocycles. The van der Waals surface area contributed by atoms with Crippen molar-refractivity contribution in [3.63, 3.8) is 0 Å². The van der Waals surface area contributed by atoms with Gasteiger partial charge in [-0.2, -0.15) is 0 Å². The normalized spacial score (nSPS) is 12.0. The first kappa shape index (κ1) is 21.9. The number of thiophene rings is 1. The van der Waals surface area contributed by atoms with Crippen molar-refractivity contribution in [1.29, 1.82) is 0 Å². The standard InChI is InChI=1S/C37H22N2S/c1-2-10-26-23(9-1)19-22-30-35(26)34(37-36(38-30)29-13-5-8-16-33(29)40-37)24-17-20-25(21-18-24)39-31-14-6-3-11-27(31)28-12-4-7-15-32(28)39/h1-22H. The minimum absolute atomic E-state index is 1.04. The maximum atomic E-state index is 5.23. The summed E-state index contributed by atoms with van der Waals surface area (Å²) in [5, 5.41) is 7.48. The molecule has 3 heteroatoms. The molecule has 0 aliphatic rings. The molecule has 9 rings (SSSR count). The average molecular weight is 527 g/mol. The lowest BCUT2D eigenvalue weighted by Crippen LogP contribution is -1.94. The fourth-order valence-electron chi connectivity index (χ4n) is 6.42. The van der Waals surface area contributed by atoms with Gasteiger partial charge in [-0.15, -0.1) is 11.3 Å². The van der Waals surface area contributed by atoms with E-state index >= 15 is 0 Å². The molecule has 6 aromatic carbocycles. The minimum Gasteiger partial charge on any atom is -0.309 e. The van der Waals surface area contributed by atoms with E-state index in [9.17, 15) is 0 Å². The molecule has 0 amide bonds. The highest BCUT2D eigenvalue weighted by molar-refractivity contribution is 7.26. The summed E-state index contributed by atoms with van der Waals surface area (Å²) < 4.78 is 4.89. The fourth-order valence-corrected chi connectivity index (χ4v) is 7.63. The van der Waals surface area contributed by atoms with Crippen LogP contribution in [0.4, 0.5) is 0 Å². The number of rotatable bonds is 2. The number of hydrogen-bond acceptors (Lipinski definition) is 2. The van der Waals surface area contributed by atoms with E-state index in [0.29, 0.717) is 0 Å². The summed E-state index contributed by atoms with van der Waals surface area (Å²) >= 11 is 1.84. The summed E-state index contributed by atoms with van der Waals surface area (Å²) in [6.45, 7) is 0.